The van der Waals surface area contributed by atoms with Gasteiger partial charge in [0.15, 0.2) is 0 Å². The van der Waals surface area contributed by atoms with Gasteiger partial charge in [-0.25, -0.2) is 4.39 Å². The van der Waals surface area contributed by atoms with Crippen LogP contribution in [0.25, 0.3) is 0 Å². The van der Waals surface area contributed by atoms with Crippen LogP contribution in [0.5, 0.6) is 0 Å². The van der Waals surface area contributed by atoms with E-state index < -0.39 is 0 Å². The monoisotopic (exact) mass is 449 g/mol. The van der Waals surface area contributed by atoms with Gasteiger partial charge in [-0.15, -0.1) is 11.8 Å². The summed E-state index contributed by atoms with van der Waals surface area (Å²) in [6, 6.07) is 10.8. The van der Waals surface area contributed by atoms with Crippen molar-refractivity contribution >= 4 is 40.6 Å². The summed E-state index contributed by atoms with van der Waals surface area (Å²) in [6.07, 6.45) is 2.01. The second kappa shape index (κ2) is 9.45. The third-order valence-corrected chi connectivity index (χ3v) is 6.56. The highest BCUT2D eigenvalue weighted by Gasteiger charge is 2.27. The fourth-order valence-electron chi connectivity index (χ4n) is 3.95. The SMILES string of the molecule is CSc1ccc(N2CCOCC2)c(C(=O)N2CCN(c3ccc(Cl)cc3F)CC2)c1. The molecule has 4 rings (SSSR count). The maximum absolute atomic E-state index is 14.3. The average molecular weight is 450 g/mol. The van der Waals surface area contributed by atoms with E-state index >= 15 is 0 Å². The highest BCUT2D eigenvalue weighted by molar-refractivity contribution is 7.98. The molecule has 0 saturated carbocycles. The summed E-state index contributed by atoms with van der Waals surface area (Å²) in [4.78, 5) is 20.6. The molecule has 160 valence electrons. The van der Waals surface area contributed by atoms with Crippen LogP contribution in [0.15, 0.2) is 41.3 Å². The van der Waals surface area contributed by atoms with E-state index in [0.29, 0.717) is 50.1 Å². The van der Waals surface area contributed by atoms with Crippen molar-refractivity contribution in [2.24, 2.45) is 0 Å². The minimum absolute atomic E-state index is 0.0311. The van der Waals surface area contributed by atoms with Crippen LogP contribution in [-0.4, -0.2) is 69.5 Å². The standard InChI is InChI=1S/C22H25ClFN3O2S/c1-30-17-3-5-20(26-10-12-29-13-11-26)18(15-17)22(28)27-8-6-25(7-9-27)21-4-2-16(23)14-19(21)24/h2-5,14-15H,6-13H2,1H3. The van der Waals surface area contributed by atoms with Crippen LogP contribution >= 0.6 is 23.4 Å². The number of amides is 1. The Labute approximate surface area is 185 Å². The molecule has 0 N–H and O–H groups in total. The molecule has 5 nitrogen and oxygen atoms in total. The van der Waals surface area contributed by atoms with Gasteiger partial charge in [-0.05, 0) is 42.7 Å². The summed E-state index contributed by atoms with van der Waals surface area (Å²) in [5, 5.41) is 0.384. The number of halogens is 2. The van der Waals surface area contributed by atoms with E-state index in [9.17, 15) is 9.18 Å². The molecule has 2 saturated heterocycles. The molecular weight excluding hydrogens is 425 g/mol. The number of piperazine rings is 1. The Bertz CT molecular complexity index is 915. The van der Waals surface area contributed by atoms with E-state index in [0.717, 1.165) is 29.2 Å². The zero-order chi connectivity index (χ0) is 21.1. The number of nitrogens with zero attached hydrogens (tertiary/aromatic N) is 3. The van der Waals surface area contributed by atoms with Crippen LogP contribution in [0.2, 0.25) is 5.02 Å². The molecule has 2 aliphatic rings. The molecule has 2 aromatic carbocycles. The number of rotatable bonds is 4. The van der Waals surface area contributed by atoms with Crippen LogP contribution in [-0.2, 0) is 4.74 Å². The van der Waals surface area contributed by atoms with E-state index in [4.69, 9.17) is 16.3 Å². The Kier molecular flexibility index (Phi) is 6.71. The Morgan fingerprint density at radius 3 is 2.30 bits per heavy atom. The summed E-state index contributed by atoms with van der Waals surface area (Å²) in [7, 11) is 0. The van der Waals surface area contributed by atoms with Crippen molar-refractivity contribution in [2.45, 2.75) is 4.90 Å². The van der Waals surface area contributed by atoms with Gasteiger partial charge >= 0.3 is 0 Å². The summed E-state index contributed by atoms with van der Waals surface area (Å²) >= 11 is 7.50. The summed E-state index contributed by atoms with van der Waals surface area (Å²) in [6.45, 7) is 5.16. The molecule has 1 amide bonds. The van der Waals surface area contributed by atoms with Crippen LogP contribution in [0.4, 0.5) is 15.8 Å². The zero-order valence-electron chi connectivity index (χ0n) is 16.9. The van der Waals surface area contributed by atoms with Crippen LogP contribution in [0.1, 0.15) is 10.4 Å². The molecule has 2 fully saturated rings. The number of carbonyl (C=O) groups excluding carboxylic acids is 1. The van der Waals surface area contributed by atoms with Crippen molar-refractivity contribution in [3.63, 3.8) is 0 Å². The fourth-order valence-corrected chi connectivity index (χ4v) is 4.55. The van der Waals surface area contributed by atoms with E-state index in [1.54, 1.807) is 23.9 Å². The Morgan fingerprint density at radius 2 is 1.63 bits per heavy atom. The lowest BCUT2D eigenvalue weighted by molar-refractivity contribution is 0.0745. The Hall–Kier alpha value is -1.96. The van der Waals surface area contributed by atoms with Gasteiger partial charge in [-0.3, -0.25) is 4.79 Å². The molecule has 0 spiro atoms. The van der Waals surface area contributed by atoms with E-state index in [1.165, 1.54) is 6.07 Å². The number of hydrogen-bond donors (Lipinski definition) is 0. The molecule has 8 heteroatoms. The van der Waals surface area contributed by atoms with Gasteiger partial charge in [0.2, 0.25) is 0 Å². The van der Waals surface area contributed by atoms with Crippen LogP contribution < -0.4 is 9.80 Å². The van der Waals surface area contributed by atoms with Gasteiger partial charge in [0.05, 0.1) is 24.5 Å². The first-order valence-corrected chi connectivity index (χ1v) is 11.7. The first-order chi connectivity index (χ1) is 14.6. The van der Waals surface area contributed by atoms with E-state index in [-0.39, 0.29) is 11.7 Å². The normalized spacial score (nSPS) is 17.4. The van der Waals surface area contributed by atoms with Crippen LogP contribution in [0.3, 0.4) is 0 Å². The Morgan fingerprint density at radius 1 is 0.967 bits per heavy atom. The van der Waals surface area contributed by atoms with Gasteiger partial charge in [-0.1, -0.05) is 11.6 Å². The quantitative estimate of drug-likeness (QED) is 0.659. The number of ether oxygens (including phenoxy) is 1. The van der Waals surface area contributed by atoms with Gasteiger partial charge in [0, 0.05) is 54.9 Å². The minimum Gasteiger partial charge on any atom is -0.378 e. The van der Waals surface area contributed by atoms with Gasteiger partial charge in [-0.2, -0.15) is 0 Å². The third-order valence-electron chi connectivity index (χ3n) is 5.60. The first-order valence-electron chi connectivity index (χ1n) is 10.1. The number of thioether (sulfide) groups is 1. The molecule has 0 atom stereocenters. The van der Waals surface area contributed by atoms with Crippen molar-refractivity contribution in [1.82, 2.24) is 4.90 Å². The lowest BCUT2D eigenvalue weighted by Crippen LogP contribution is -2.49. The maximum atomic E-state index is 14.3. The average Bonchev–Trinajstić information content (AvgIpc) is 2.79. The topological polar surface area (TPSA) is 36.0 Å². The number of benzene rings is 2. The fraction of sp³-hybridized carbons (Fsp3) is 0.409. The number of morpholine rings is 1. The van der Waals surface area contributed by atoms with Gasteiger partial charge < -0.3 is 19.4 Å². The van der Waals surface area contributed by atoms with E-state index in [1.807, 2.05) is 28.2 Å². The molecule has 2 aliphatic heterocycles. The summed E-state index contributed by atoms with van der Waals surface area (Å²) in [5.41, 5.74) is 2.23. The second-order valence-corrected chi connectivity index (χ2v) is 8.67. The third kappa shape index (κ3) is 4.53. The van der Waals surface area contributed by atoms with Crippen LogP contribution in [0, 0.1) is 5.82 Å². The molecule has 0 bridgehead atoms. The molecule has 2 heterocycles. The molecular formula is C22H25ClFN3O2S. The highest BCUT2D eigenvalue weighted by atomic mass is 35.5. The molecule has 0 unspecified atom stereocenters. The van der Waals surface area contributed by atoms with Gasteiger partial charge in [0.25, 0.3) is 5.91 Å². The van der Waals surface area contributed by atoms with Crippen molar-refractivity contribution in [3.8, 4) is 0 Å². The molecule has 0 radical (unpaired) electrons. The predicted molar refractivity (Wildman–Crippen MR) is 121 cm³/mol. The number of hydrogen-bond acceptors (Lipinski definition) is 5. The minimum atomic E-state index is -0.329. The first kappa shape index (κ1) is 21.3. The van der Waals surface area contributed by atoms with Crippen molar-refractivity contribution in [1.29, 1.82) is 0 Å². The molecule has 2 aromatic rings. The smallest absolute Gasteiger partial charge is 0.256 e. The molecule has 0 aromatic heterocycles. The number of anilines is 2. The molecule has 0 aliphatic carbocycles. The van der Waals surface area contributed by atoms with E-state index in [2.05, 4.69) is 11.0 Å². The summed E-state index contributed by atoms with van der Waals surface area (Å²) in [5.74, 6) is -0.298. The molecule has 30 heavy (non-hydrogen) atoms. The predicted octanol–water partition coefficient (Wildman–Crippen LogP) is 4.00. The van der Waals surface area contributed by atoms with Crippen molar-refractivity contribution in [2.75, 3.05) is 68.5 Å². The second-order valence-electron chi connectivity index (χ2n) is 7.36. The largest absolute Gasteiger partial charge is 0.378 e. The van der Waals surface area contributed by atoms with Crippen molar-refractivity contribution in [3.05, 3.63) is 52.8 Å². The lowest BCUT2D eigenvalue weighted by atomic mass is 10.1. The Balaban J connectivity index is 1.51. The number of carbonyl (C=O) groups is 1. The summed E-state index contributed by atoms with van der Waals surface area (Å²) < 4.78 is 19.7. The zero-order valence-corrected chi connectivity index (χ0v) is 18.5. The van der Waals surface area contributed by atoms with Gasteiger partial charge in [0.1, 0.15) is 5.82 Å². The highest BCUT2D eigenvalue weighted by Crippen LogP contribution is 2.29. The lowest BCUT2D eigenvalue weighted by Gasteiger charge is -2.37. The van der Waals surface area contributed by atoms with Crippen molar-refractivity contribution < 1.29 is 13.9 Å². The maximum Gasteiger partial charge on any atom is 0.256 e.